The highest BCUT2D eigenvalue weighted by Crippen LogP contribution is 2.66. The maximum absolute atomic E-state index is 12.5. The Morgan fingerprint density at radius 3 is 2.77 bits per heavy atom. The van der Waals surface area contributed by atoms with E-state index >= 15 is 0 Å². The summed E-state index contributed by atoms with van der Waals surface area (Å²) >= 11 is 3.52. The molecule has 1 amide bonds. The van der Waals surface area contributed by atoms with Gasteiger partial charge in [0.15, 0.2) is 11.5 Å². The zero-order chi connectivity index (χ0) is 18.7. The Hall–Kier alpha value is -1.56. The molecule has 0 spiro atoms. The van der Waals surface area contributed by atoms with Gasteiger partial charge in [0.2, 0.25) is 5.91 Å². The van der Waals surface area contributed by atoms with Crippen LogP contribution < -0.4 is 14.9 Å². The highest BCUT2D eigenvalue weighted by molar-refractivity contribution is 9.10. The van der Waals surface area contributed by atoms with Crippen LogP contribution in [0.25, 0.3) is 0 Å². The molecule has 1 aromatic rings. The lowest BCUT2D eigenvalue weighted by atomic mass is 9.90. The first-order valence-electron chi connectivity index (χ1n) is 9.43. The van der Waals surface area contributed by atoms with Crippen molar-refractivity contribution >= 4 is 28.1 Å². The molecule has 26 heavy (non-hydrogen) atoms. The van der Waals surface area contributed by atoms with Gasteiger partial charge in [-0.2, -0.15) is 5.10 Å². The average molecular weight is 423 g/mol. The number of nitrogens with one attached hydrogen (secondary N) is 1. The van der Waals surface area contributed by atoms with Crippen LogP contribution in [0.1, 0.15) is 52.0 Å². The second kappa shape index (κ2) is 7.99. The van der Waals surface area contributed by atoms with Gasteiger partial charge >= 0.3 is 0 Å². The van der Waals surface area contributed by atoms with Crippen LogP contribution >= 0.6 is 15.9 Å². The molecule has 3 atom stereocenters. The van der Waals surface area contributed by atoms with Crippen LogP contribution in [0.2, 0.25) is 0 Å². The Balaban J connectivity index is 1.66. The summed E-state index contributed by atoms with van der Waals surface area (Å²) in [6.45, 7) is 7.21. The Morgan fingerprint density at radius 1 is 1.35 bits per heavy atom. The second-order valence-corrected chi connectivity index (χ2v) is 8.12. The minimum absolute atomic E-state index is 0.0469. The average Bonchev–Trinajstić information content (AvgIpc) is 3.23. The molecule has 1 aromatic carbocycles. The highest BCUT2D eigenvalue weighted by Gasteiger charge is 2.64. The van der Waals surface area contributed by atoms with Crippen LogP contribution in [0.4, 0.5) is 0 Å². The van der Waals surface area contributed by atoms with E-state index in [0.717, 1.165) is 16.5 Å². The van der Waals surface area contributed by atoms with Gasteiger partial charge in [0, 0.05) is 5.92 Å². The molecule has 0 radical (unpaired) electrons. The first-order chi connectivity index (χ1) is 12.5. The zero-order valence-corrected chi connectivity index (χ0v) is 17.3. The normalized spacial score (nSPS) is 27.1. The van der Waals surface area contributed by atoms with Crippen molar-refractivity contribution in [2.24, 2.45) is 22.4 Å². The van der Waals surface area contributed by atoms with E-state index in [1.165, 1.54) is 19.3 Å². The number of carbonyl (C=O) groups is 1. The van der Waals surface area contributed by atoms with Gasteiger partial charge in [-0.05, 0) is 71.6 Å². The third-order valence-electron chi connectivity index (χ3n) is 5.62. The summed E-state index contributed by atoms with van der Waals surface area (Å²) < 4.78 is 12.1. The van der Waals surface area contributed by atoms with Crippen LogP contribution in [0.3, 0.4) is 0 Å². The molecule has 5 nitrogen and oxygen atoms in total. The van der Waals surface area contributed by atoms with Crippen LogP contribution in [-0.2, 0) is 4.79 Å². The summed E-state index contributed by atoms with van der Waals surface area (Å²) in [4.78, 5) is 12.5. The topological polar surface area (TPSA) is 59.9 Å². The number of fused-ring (bicyclic) bond motifs is 1. The SMILES string of the molecule is CCOc1cc(/C=N\NC(=O)[C@@H]2[C@@H]3CCCC[C@]23C)cc(Br)c1OCC. The number of hydrogen-bond acceptors (Lipinski definition) is 4. The minimum Gasteiger partial charge on any atom is -0.490 e. The van der Waals surface area contributed by atoms with Gasteiger partial charge in [-0.1, -0.05) is 19.8 Å². The van der Waals surface area contributed by atoms with E-state index in [4.69, 9.17) is 9.47 Å². The number of halogens is 1. The fourth-order valence-electron chi connectivity index (χ4n) is 4.30. The first kappa shape index (κ1) is 19.2. The van der Waals surface area contributed by atoms with E-state index in [1.54, 1.807) is 6.21 Å². The van der Waals surface area contributed by atoms with Crippen molar-refractivity contribution < 1.29 is 14.3 Å². The number of amides is 1. The van der Waals surface area contributed by atoms with E-state index < -0.39 is 0 Å². The van der Waals surface area contributed by atoms with Crippen molar-refractivity contribution in [3.05, 3.63) is 22.2 Å². The van der Waals surface area contributed by atoms with Crippen LogP contribution in [0.5, 0.6) is 11.5 Å². The number of hydrogen-bond donors (Lipinski definition) is 1. The number of benzene rings is 1. The van der Waals surface area contributed by atoms with Crippen molar-refractivity contribution in [3.63, 3.8) is 0 Å². The van der Waals surface area contributed by atoms with Crippen molar-refractivity contribution in [3.8, 4) is 11.5 Å². The summed E-state index contributed by atoms with van der Waals surface area (Å²) in [5, 5.41) is 4.17. The zero-order valence-electron chi connectivity index (χ0n) is 15.7. The van der Waals surface area contributed by atoms with E-state index in [1.807, 2.05) is 26.0 Å². The molecule has 1 N–H and O–H groups in total. The molecule has 2 fully saturated rings. The molecule has 2 aliphatic rings. The number of carbonyl (C=O) groups excluding carboxylic acids is 1. The molecule has 2 aliphatic carbocycles. The van der Waals surface area contributed by atoms with Crippen molar-refractivity contribution in [1.82, 2.24) is 5.43 Å². The standard InChI is InChI=1S/C20H27BrN2O3/c1-4-25-16-11-13(10-15(21)18(16)26-5-2)12-22-23-19(24)17-14-8-6-7-9-20(14,17)3/h10-12,14,17H,4-9H2,1-3H3,(H,23,24)/b22-12-/t14-,17-,20-/m0/s1. The third kappa shape index (κ3) is 3.75. The Morgan fingerprint density at radius 2 is 2.12 bits per heavy atom. The molecule has 0 saturated heterocycles. The molecule has 0 bridgehead atoms. The van der Waals surface area contributed by atoms with Crippen LogP contribution in [0.15, 0.2) is 21.7 Å². The van der Waals surface area contributed by atoms with Gasteiger partial charge in [-0.15, -0.1) is 0 Å². The summed E-state index contributed by atoms with van der Waals surface area (Å²) in [7, 11) is 0. The lowest BCUT2D eigenvalue weighted by molar-refractivity contribution is -0.123. The molecular formula is C20H27BrN2O3. The second-order valence-electron chi connectivity index (χ2n) is 7.27. The van der Waals surface area contributed by atoms with Gasteiger partial charge in [0.25, 0.3) is 0 Å². The smallest absolute Gasteiger partial charge is 0.244 e. The minimum atomic E-state index is 0.0469. The maximum Gasteiger partial charge on any atom is 0.244 e. The first-order valence-corrected chi connectivity index (χ1v) is 10.2. The number of ether oxygens (including phenoxy) is 2. The summed E-state index contributed by atoms with van der Waals surface area (Å²) in [5.74, 6) is 2.05. The highest BCUT2D eigenvalue weighted by atomic mass is 79.9. The lowest BCUT2D eigenvalue weighted by Gasteiger charge is -2.15. The van der Waals surface area contributed by atoms with E-state index in [2.05, 4.69) is 33.4 Å². The van der Waals surface area contributed by atoms with Gasteiger partial charge < -0.3 is 9.47 Å². The monoisotopic (exact) mass is 422 g/mol. The van der Waals surface area contributed by atoms with Crippen LogP contribution in [0, 0.1) is 17.3 Å². The van der Waals surface area contributed by atoms with Crippen molar-refractivity contribution in [2.75, 3.05) is 13.2 Å². The molecule has 0 aliphatic heterocycles. The van der Waals surface area contributed by atoms with E-state index in [9.17, 15) is 4.79 Å². The Kier molecular flexibility index (Phi) is 5.90. The number of hydrazone groups is 1. The molecule has 142 valence electrons. The molecule has 0 heterocycles. The lowest BCUT2D eigenvalue weighted by Crippen LogP contribution is -2.22. The molecule has 0 aromatic heterocycles. The molecule has 2 saturated carbocycles. The predicted molar refractivity (Wildman–Crippen MR) is 106 cm³/mol. The van der Waals surface area contributed by atoms with E-state index in [-0.39, 0.29) is 17.2 Å². The van der Waals surface area contributed by atoms with Gasteiger partial charge in [-0.25, -0.2) is 5.43 Å². The predicted octanol–water partition coefficient (Wildman–Crippen LogP) is 4.52. The summed E-state index contributed by atoms with van der Waals surface area (Å²) in [6.07, 6.45) is 6.45. The summed E-state index contributed by atoms with van der Waals surface area (Å²) in [6, 6.07) is 3.77. The summed E-state index contributed by atoms with van der Waals surface area (Å²) in [5.41, 5.74) is 3.76. The van der Waals surface area contributed by atoms with Crippen LogP contribution in [-0.4, -0.2) is 25.3 Å². The van der Waals surface area contributed by atoms with Gasteiger partial charge in [0.05, 0.1) is 23.9 Å². The largest absolute Gasteiger partial charge is 0.490 e. The fraction of sp³-hybridized carbons (Fsp3) is 0.600. The van der Waals surface area contributed by atoms with E-state index in [0.29, 0.717) is 30.6 Å². The Labute approximate surface area is 163 Å². The molecule has 0 unspecified atom stereocenters. The van der Waals surface area contributed by atoms with Gasteiger partial charge in [0.1, 0.15) is 0 Å². The molecular weight excluding hydrogens is 396 g/mol. The Bertz CT molecular complexity index is 707. The fourth-order valence-corrected chi connectivity index (χ4v) is 4.87. The number of rotatable bonds is 7. The third-order valence-corrected chi connectivity index (χ3v) is 6.21. The number of nitrogens with zero attached hydrogens (tertiary/aromatic N) is 1. The molecule has 3 rings (SSSR count). The van der Waals surface area contributed by atoms with Gasteiger partial charge in [-0.3, -0.25) is 4.79 Å². The van der Waals surface area contributed by atoms with Crippen molar-refractivity contribution in [1.29, 1.82) is 0 Å². The quantitative estimate of drug-likeness (QED) is 0.518. The molecule has 6 heteroatoms. The maximum atomic E-state index is 12.5. The van der Waals surface area contributed by atoms with Crippen molar-refractivity contribution in [2.45, 2.75) is 46.5 Å².